The Labute approximate surface area is 99.0 Å². The molecule has 0 unspecified atom stereocenters. The topological polar surface area (TPSA) is 55.3 Å². The van der Waals surface area contributed by atoms with Gasteiger partial charge in [0.15, 0.2) is 5.82 Å². The highest BCUT2D eigenvalue weighted by molar-refractivity contribution is 5.85. The molecule has 0 saturated carbocycles. The van der Waals surface area contributed by atoms with Gasteiger partial charge in [-0.25, -0.2) is 10.8 Å². The van der Waals surface area contributed by atoms with Crippen molar-refractivity contribution in [1.82, 2.24) is 9.38 Å². The van der Waals surface area contributed by atoms with Crippen LogP contribution in [-0.4, -0.2) is 9.38 Å². The van der Waals surface area contributed by atoms with Crippen LogP contribution in [0.25, 0.3) is 16.6 Å². The number of aryl methyl sites for hydroxylation is 2. The summed E-state index contributed by atoms with van der Waals surface area (Å²) in [6.45, 7) is 4.20. The van der Waals surface area contributed by atoms with Gasteiger partial charge in [0.2, 0.25) is 0 Å². The number of nitrogens with one attached hydrogen (secondary N) is 1. The molecule has 0 radical (unpaired) electrons. The van der Waals surface area contributed by atoms with Crippen LogP contribution in [-0.2, 0) is 0 Å². The Morgan fingerprint density at radius 1 is 1.18 bits per heavy atom. The fraction of sp³-hybridized carbons (Fsp3) is 0.154. The first kappa shape index (κ1) is 10.1. The molecule has 17 heavy (non-hydrogen) atoms. The first-order chi connectivity index (χ1) is 8.20. The van der Waals surface area contributed by atoms with Gasteiger partial charge in [-0.3, -0.25) is 0 Å². The fourth-order valence-corrected chi connectivity index (χ4v) is 2.14. The van der Waals surface area contributed by atoms with Crippen LogP contribution in [0.2, 0.25) is 0 Å². The summed E-state index contributed by atoms with van der Waals surface area (Å²) < 4.78 is 2.10. The van der Waals surface area contributed by atoms with Crippen molar-refractivity contribution in [1.29, 1.82) is 0 Å². The van der Waals surface area contributed by atoms with E-state index in [1.165, 1.54) is 11.1 Å². The lowest BCUT2D eigenvalue weighted by Gasteiger charge is -2.09. The van der Waals surface area contributed by atoms with Crippen LogP contribution in [0.3, 0.4) is 0 Å². The van der Waals surface area contributed by atoms with Crippen LogP contribution in [0.4, 0.5) is 5.82 Å². The number of nitrogens with zero attached hydrogens (tertiary/aromatic N) is 2. The van der Waals surface area contributed by atoms with E-state index in [9.17, 15) is 0 Å². The molecule has 4 nitrogen and oxygen atoms in total. The lowest BCUT2D eigenvalue weighted by atomic mass is 10.1. The van der Waals surface area contributed by atoms with Crippen LogP contribution in [0.1, 0.15) is 11.1 Å². The van der Waals surface area contributed by atoms with Crippen LogP contribution < -0.4 is 11.3 Å². The molecule has 0 atom stereocenters. The third kappa shape index (κ3) is 1.38. The van der Waals surface area contributed by atoms with Gasteiger partial charge in [-0.1, -0.05) is 0 Å². The number of nitrogens with two attached hydrogens (primary N) is 1. The molecule has 2 aromatic heterocycles. The number of nitrogen functional groups attached to an aromatic ring is 1. The lowest BCUT2D eigenvalue weighted by Crippen LogP contribution is -2.10. The largest absolute Gasteiger partial charge is 0.312 e. The first-order valence-electron chi connectivity index (χ1n) is 5.55. The standard InChI is InChI=1S/C13H14N4/c1-8-6-10-12(7-9(8)2)17-5-3-4-11(17)13(15-10)16-14/h3-7H,14H2,1-2H3,(H,15,16). The summed E-state index contributed by atoms with van der Waals surface area (Å²) in [5.74, 6) is 6.21. The van der Waals surface area contributed by atoms with Crippen LogP contribution >= 0.6 is 0 Å². The van der Waals surface area contributed by atoms with E-state index in [4.69, 9.17) is 5.84 Å². The Hall–Kier alpha value is -2.07. The Balaban J connectivity index is 2.53. The van der Waals surface area contributed by atoms with Gasteiger partial charge in [0.25, 0.3) is 0 Å². The highest BCUT2D eigenvalue weighted by atomic mass is 15.3. The zero-order chi connectivity index (χ0) is 12.0. The summed E-state index contributed by atoms with van der Waals surface area (Å²) in [6.07, 6.45) is 2.02. The quantitative estimate of drug-likeness (QED) is 0.495. The molecule has 0 saturated heterocycles. The molecule has 0 fully saturated rings. The third-order valence-corrected chi connectivity index (χ3v) is 3.21. The number of hydrogen-bond donors (Lipinski definition) is 2. The molecule has 3 aromatic rings. The molecule has 0 amide bonds. The summed E-state index contributed by atoms with van der Waals surface area (Å²) >= 11 is 0. The second kappa shape index (κ2) is 3.46. The predicted octanol–water partition coefficient (Wildman–Crippen LogP) is 2.39. The Bertz CT molecular complexity index is 712. The van der Waals surface area contributed by atoms with E-state index in [0.717, 1.165) is 16.6 Å². The molecular formula is C13H14N4. The minimum atomic E-state index is 0.700. The molecule has 0 aliphatic heterocycles. The Morgan fingerprint density at radius 3 is 2.71 bits per heavy atom. The van der Waals surface area contributed by atoms with Gasteiger partial charge < -0.3 is 9.83 Å². The maximum absolute atomic E-state index is 5.51. The minimum absolute atomic E-state index is 0.700. The second-order valence-electron chi connectivity index (χ2n) is 4.29. The number of rotatable bonds is 1. The summed E-state index contributed by atoms with van der Waals surface area (Å²) in [5, 5.41) is 0. The molecule has 0 aliphatic rings. The van der Waals surface area contributed by atoms with Crippen molar-refractivity contribution in [3.05, 3.63) is 41.6 Å². The van der Waals surface area contributed by atoms with Crippen molar-refractivity contribution >= 4 is 22.4 Å². The van der Waals surface area contributed by atoms with E-state index in [2.05, 4.69) is 40.8 Å². The van der Waals surface area contributed by atoms with Crippen molar-refractivity contribution in [2.45, 2.75) is 13.8 Å². The number of fused-ring (bicyclic) bond motifs is 3. The summed E-state index contributed by atoms with van der Waals surface area (Å²) in [7, 11) is 0. The van der Waals surface area contributed by atoms with Crippen molar-refractivity contribution < 1.29 is 0 Å². The van der Waals surface area contributed by atoms with E-state index in [0.29, 0.717) is 5.82 Å². The first-order valence-corrected chi connectivity index (χ1v) is 5.55. The van der Waals surface area contributed by atoms with Crippen molar-refractivity contribution in [2.24, 2.45) is 5.84 Å². The molecular weight excluding hydrogens is 212 g/mol. The number of benzene rings is 1. The van der Waals surface area contributed by atoms with Crippen LogP contribution in [0.15, 0.2) is 30.5 Å². The van der Waals surface area contributed by atoms with Crippen molar-refractivity contribution in [3.8, 4) is 0 Å². The molecule has 0 aliphatic carbocycles. The van der Waals surface area contributed by atoms with E-state index in [-0.39, 0.29) is 0 Å². The molecule has 0 bridgehead atoms. The highest BCUT2D eigenvalue weighted by Crippen LogP contribution is 2.24. The zero-order valence-corrected chi connectivity index (χ0v) is 9.86. The van der Waals surface area contributed by atoms with Crippen LogP contribution in [0.5, 0.6) is 0 Å². The normalized spacial score (nSPS) is 11.2. The minimum Gasteiger partial charge on any atom is -0.312 e. The zero-order valence-electron chi connectivity index (χ0n) is 9.86. The molecule has 2 heterocycles. The lowest BCUT2D eigenvalue weighted by molar-refractivity contribution is 1.18. The molecule has 4 heteroatoms. The predicted molar refractivity (Wildman–Crippen MR) is 70.0 cm³/mol. The van der Waals surface area contributed by atoms with Gasteiger partial charge in [0.1, 0.15) is 0 Å². The van der Waals surface area contributed by atoms with E-state index in [1.807, 2.05) is 18.3 Å². The smallest absolute Gasteiger partial charge is 0.165 e. The van der Waals surface area contributed by atoms with E-state index < -0.39 is 0 Å². The SMILES string of the molecule is Cc1cc2nc(NN)c3cccn3c2cc1C. The second-order valence-corrected chi connectivity index (χ2v) is 4.29. The summed E-state index contributed by atoms with van der Waals surface area (Å²) in [4.78, 5) is 4.54. The maximum Gasteiger partial charge on any atom is 0.165 e. The van der Waals surface area contributed by atoms with Gasteiger partial charge in [-0.2, -0.15) is 0 Å². The van der Waals surface area contributed by atoms with E-state index >= 15 is 0 Å². The van der Waals surface area contributed by atoms with Crippen molar-refractivity contribution in [3.63, 3.8) is 0 Å². The third-order valence-electron chi connectivity index (χ3n) is 3.21. The maximum atomic E-state index is 5.51. The molecule has 3 N–H and O–H groups in total. The number of anilines is 1. The van der Waals surface area contributed by atoms with Crippen molar-refractivity contribution in [2.75, 3.05) is 5.43 Å². The van der Waals surface area contributed by atoms with Gasteiger partial charge in [-0.15, -0.1) is 0 Å². The molecule has 1 aromatic carbocycles. The molecule has 0 spiro atoms. The van der Waals surface area contributed by atoms with E-state index in [1.54, 1.807) is 0 Å². The average molecular weight is 226 g/mol. The van der Waals surface area contributed by atoms with Gasteiger partial charge in [0.05, 0.1) is 16.6 Å². The summed E-state index contributed by atoms with van der Waals surface area (Å²) in [6, 6.07) is 8.24. The molecule has 86 valence electrons. The fourth-order valence-electron chi connectivity index (χ4n) is 2.14. The van der Waals surface area contributed by atoms with Gasteiger partial charge >= 0.3 is 0 Å². The summed E-state index contributed by atoms with van der Waals surface area (Å²) in [5.41, 5.74) is 8.19. The van der Waals surface area contributed by atoms with Gasteiger partial charge in [0, 0.05) is 6.20 Å². The number of aromatic nitrogens is 2. The monoisotopic (exact) mass is 226 g/mol. The van der Waals surface area contributed by atoms with Gasteiger partial charge in [-0.05, 0) is 49.2 Å². The Morgan fingerprint density at radius 2 is 1.94 bits per heavy atom. The average Bonchev–Trinajstić information content (AvgIpc) is 2.79. The Kier molecular flexibility index (Phi) is 2.06. The van der Waals surface area contributed by atoms with Crippen LogP contribution in [0, 0.1) is 13.8 Å². The number of hydrazine groups is 1. The number of hydrogen-bond acceptors (Lipinski definition) is 3. The highest BCUT2D eigenvalue weighted by Gasteiger charge is 2.08. The molecule has 3 rings (SSSR count).